The van der Waals surface area contributed by atoms with Crippen molar-refractivity contribution in [3.8, 4) is 11.5 Å². The summed E-state index contributed by atoms with van der Waals surface area (Å²) < 4.78 is 87.0. The van der Waals surface area contributed by atoms with Crippen LogP contribution in [-0.2, 0) is 16.2 Å². The van der Waals surface area contributed by atoms with Gasteiger partial charge < -0.3 is 9.64 Å². The Hall–Kier alpha value is -3.44. The topological polar surface area (TPSA) is 62.2 Å². The molecule has 6 nitrogen and oxygen atoms in total. The number of ether oxygens (including phenoxy) is 1. The molecule has 3 aromatic rings. The van der Waals surface area contributed by atoms with Crippen LogP contribution in [0.1, 0.15) is 16.7 Å². The molecule has 0 amide bonds. The lowest BCUT2D eigenvalue weighted by Gasteiger charge is -2.35. The molecule has 0 unspecified atom stereocenters. The van der Waals surface area contributed by atoms with Crippen molar-refractivity contribution in [1.82, 2.24) is 9.21 Å². The van der Waals surface area contributed by atoms with Gasteiger partial charge in [0.2, 0.25) is 10.0 Å². The number of aryl methyl sites for hydroxylation is 1. The standard InChI is InChI=1S/C25H21F4N3O3S/c1-16-6-8-18(15-20(16)26)36(33,34)32-12-10-31(11-13-32)24-19-4-2-3-5-22(19)35-23-14-17(25(27,28)29)7-9-21(23)30-24/h2-9,14-15H,10-13H2,1H3. The lowest BCUT2D eigenvalue weighted by Crippen LogP contribution is -2.50. The predicted molar refractivity (Wildman–Crippen MR) is 126 cm³/mol. The fourth-order valence-electron chi connectivity index (χ4n) is 4.16. The van der Waals surface area contributed by atoms with Crippen LogP contribution in [0, 0.1) is 12.7 Å². The van der Waals surface area contributed by atoms with E-state index in [2.05, 4.69) is 4.99 Å². The molecule has 0 saturated carbocycles. The number of amidine groups is 1. The molecular formula is C25H21F4N3O3S. The number of fused-ring (bicyclic) bond motifs is 2. The van der Waals surface area contributed by atoms with Gasteiger partial charge in [0.05, 0.1) is 16.0 Å². The van der Waals surface area contributed by atoms with Gasteiger partial charge in [0.15, 0.2) is 5.75 Å². The van der Waals surface area contributed by atoms with Crippen molar-refractivity contribution in [1.29, 1.82) is 0 Å². The van der Waals surface area contributed by atoms with E-state index in [4.69, 9.17) is 4.74 Å². The van der Waals surface area contributed by atoms with Crippen molar-refractivity contribution >= 4 is 21.5 Å². The van der Waals surface area contributed by atoms with Gasteiger partial charge in [0.25, 0.3) is 0 Å². The summed E-state index contributed by atoms with van der Waals surface area (Å²) in [4.78, 5) is 6.39. The number of hydrogen-bond donors (Lipinski definition) is 0. The third-order valence-electron chi connectivity index (χ3n) is 6.18. The monoisotopic (exact) mass is 519 g/mol. The first-order chi connectivity index (χ1) is 17.0. The minimum absolute atomic E-state index is 0.0186. The van der Waals surface area contributed by atoms with E-state index in [1.54, 1.807) is 31.2 Å². The lowest BCUT2D eigenvalue weighted by atomic mass is 10.1. The molecule has 3 aromatic carbocycles. The molecule has 0 atom stereocenters. The first-order valence-corrected chi connectivity index (χ1v) is 12.6. The zero-order valence-electron chi connectivity index (χ0n) is 19.1. The number of nitrogens with zero attached hydrogens (tertiary/aromatic N) is 3. The summed E-state index contributed by atoms with van der Waals surface area (Å²) in [6.45, 7) is 2.36. The van der Waals surface area contributed by atoms with Crippen LogP contribution in [0.25, 0.3) is 0 Å². The smallest absolute Gasteiger partial charge is 0.416 e. The first-order valence-electron chi connectivity index (χ1n) is 11.1. The van der Waals surface area contributed by atoms with Crippen LogP contribution < -0.4 is 4.74 Å². The Kier molecular flexibility index (Phi) is 6.00. The molecule has 5 rings (SSSR count). The van der Waals surface area contributed by atoms with Gasteiger partial charge in [-0.15, -0.1) is 0 Å². The number of piperazine rings is 1. The molecule has 1 saturated heterocycles. The largest absolute Gasteiger partial charge is 0.454 e. The van der Waals surface area contributed by atoms with Crippen molar-refractivity contribution in [2.45, 2.75) is 18.0 Å². The zero-order chi connectivity index (χ0) is 25.7. The summed E-state index contributed by atoms with van der Waals surface area (Å²) in [5.74, 6) is 0.211. The molecule has 188 valence electrons. The highest BCUT2D eigenvalue weighted by molar-refractivity contribution is 7.89. The normalized spacial score (nSPS) is 16.5. The van der Waals surface area contributed by atoms with Crippen LogP contribution in [0.2, 0.25) is 0 Å². The molecule has 0 N–H and O–H groups in total. The molecular weight excluding hydrogens is 498 g/mol. The van der Waals surface area contributed by atoms with Crippen molar-refractivity contribution in [2.24, 2.45) is 4.99 Å². The van der Waals surface area contributed by atoms with E-state index < -0.39 is 27.6 Å². The highest BCUT2D eigenvalue weighted by Crippen LogP contribution is 2.42. The molecule has 0 aromatic heterocycles. The van der Waals surface area contributed by atoms with Crippen LogP contribution in [0.15, 0.2) is 70.6 Å². The van der Waals surface area contributed by atoms with Crippen LogP contribution in [0.3, 0.4) is 0 Å². The number of alkyl halides is 3. The Balaban J connectivity index is 1.44. The lowest BCUT2D eigenvalue weighted by molar-refractivity contribution is -0.137. The van der Waals surface area contributed by atoms with Gasteiger partial charge in [-0.25, -0.2) is 17.8 Å². The Labute approximate surface area is 205 Å². The van der Waals surface area contributed by atoms with Gasteiger partial charge >= 0.3 is 6.18 Å². The second-order valence-corrected chi connectivity index (χ2v) is 10.5. The van der Waals surface area contributed by atoms with E-state index in [-0.39, 0.29) is 42.5 Å². The average Bonchev–Trinajstić information content (AvgIpc) is 3.01. The first kappa shape index (κ1) is 24.3. The maximum absolute atomic E-state index is 14.0. The number of rotatable bonds is 2. The minimum Gasteiger partial charge on any atom is -0.454 e. The minimum atomic E-state index is -4.53. The number of benzene rings is 3. The molecule has 36 heavy (non-hydrogen) atoms. The summed E-state index contributed by atoms with van der Waals surface area (Å²) >= 11 is 0. The summed E-state index contributed by atoms with van der Waals surface area (Å²) in [6.07, 6.45) is -4.53. The van der Waals surface area contributed by atoms with Crippen molar-refractivity contribution in [3.63, 3.8) is 0 Å². The molecule has 0 spiro atoms. The van der Waals surface area contributed by atoms with E-state index >= 15 is 0 Å². The molecule has 1 fully saturated rings. The predicted octanol–water partition coefficient (Wildman–Crippen LogP) is 5.34. The fraction of sp³-hybridized carbons (Fsp3) is 0.240. The van der Waals surface area contributed by atoms with Crippen molar-refractivity contribution in [3.05, 3.63) is 83.2 Å². The Morgan fingerprint density at radius 1 is 0.917 bits per heavy atom. The summed E-state index contributed by atoms with van der Waals surface area (Å²) in [7, 11) is -3.90. The van der Waals surface area contributed by atoms with Crippen LogP contribution in [0.5, 0.6) is 11.5 Å². The van der Waals surface area contributed by atoms with E-state index in [1.165, 1.54) is 22.5 Å². The van der Waals surface area contributed by atoms with E-state index in [1.807, 2.05) is 4.90 Å². The van der Waals surface area contributed by atoms with Crippen molar-refractivity contribution in [2.75, 3.05) is 26.2 Å². The fourth-order valence-corrected chi connectivity index (χ4v) is 5.60. The van der Waals surface area contributed by atoms with E-state index in [0.717, 1.165) is 18.2 Å². The second kappa shape index (κ2) is 8.90. The summed E-state index contributed by atoms with van der Waals surface area (Å²) in [6, 6.07) is 13.8. The maximum atomic E-state index is 14.0. The molecule has 0 bridgehead atoms. The third kappa shape index (κ3) is 4.44. The van der Waals surface area contributed by atoms with Gasteiger partial charge in [-0.3, -0.25) is 0 Å². The number of sulfonamides is 1. The number of aliphatic imine (C=N–C) groups is 1. The SMILES string of the molecule is Cc1ccc(S(=O)(=O)N2CCN(C3=Nc4ccc(C(F)(F)F)cc4Oc4ccccc43)CC2)cc1F. The highest BCUT2D eigenvalue weighted by Gasteiger charge is 2.34. The van der Waals surface area contributed by atoms with E-state index in [0.29, 0.717) is 22.7 Å². The number of hydrogen-bond acceptors (Lipinski definition) is 5. The number of para-hydroxylation sites is 1. The Morgan fingerprint density at radius 3 is 2.33 bits per heavy atom. The third-order valence-corrected chi connectivity index (χ3v) is 8.08. The molecule has 11 heteroatoms. The van der Waals surface area contributed by atoms with Crippen molar-refractivity contribution < 1.29 is 30.7 Å². The Morgan fingerprint density at radius 2 is 1.64 bits per heavy atom. The highest BCUT2D eigenvalue weighted by atomic mass is 32.2. The molecule has 2 aliphatic rings. The van der Waals surface area contributed by atoms with Gasteiger partial charge in [0.1, 0.15) is 23.1 Å². The summed E-state index contributed by atoms with van der Waals surface area (Å²) in [5, 5.41) is 0. The van der Waals surface area contributed by atoms with Gasteiger partial charge in [-0.05, 0) is 55.0 Å². The molecule has 2 heterocycles. The molecule has 0 aliphatic carbocycles. The summed E-state index contributed by atoms with van der Waals surface area (Å²) in [5.41, 5.74) is 0.330. The Bertz CT molecular complexity index is 1460. The maximum Gasteiger partial charge on any atom is 0.416 e. The number of halogens is 4. The zero-order valence-corrected chi connectivity index (χ0v) is 19.9. The average molecular weight is 520 g/mol. The van der Waals surface area contributed by atoms with Gasteiger partial charge in [0, 0.05) is 26.2 Å². The second-order valence-electron chi connectivity index (χ2n) is 8.52. The van der Waals surface area contributed by atoms with E-state index in [9.17, 15) is 26.0 Å². The van der Waals surface area contributed by atoms with Crippen LogP contribution in [-0.4, -0.2) is 49.6 Å². The molecule has 0 radical (unpaired) electrons. The van der Waals surface area contributed by atoms with Crippen LogP contribution in [0.4, 0.5) is 23.2 Å². The van der Waals surface area contributed by atoms with Gasteiger partial charge in [-0.2, -0.15) is 17.5 Å². The molecule has 2 aliphatic heterocycles. The van der Waals surface area contributed by atoms with Crippen LogP contribution >= 0.6 is 0 Å². The quantitative estimate of drug-likeness (QED) is 0.429. The van der Waals surface area contributed by atoms with Gasteiger partial charge in [-0.1, -0.05) is 18.2 Å².